The minimum atomic E-state index is -3.68. The molecule has 1 saturated heterocycles. The summed E-state index contributed by atoms with van der Waals surface area (Å²) in [5, 5.41) is 11.0. The summed E-state index contributed by atoms with van der Waals surface area (Å²) >= 11 is 0. The van der Waals surface area contributed by atoms with Gasteiger partial charge in [0, 0.05) is 24.7 Å². The quantitative estimate of drug-likeness (QED) is 0.582. The van der Waals surface area contributed by atoms with Crippen molar-refractivity contribution in [1.29, 1.82) is 0 Å². The fourth-order valence-corrected chi connectivity index (χ4v) is 4.68. The van der Waals surface area contributed by atoms with Crippen LogP contribution in [0.3, 0.4) is 0 Å². The molecule has 0 spiro atoms. The smallest absolute Gasteiger partial charge is 0.273 e. The van der Waals surface area contributed by atoms with Gasteiger partial charge >= 0.3 is 0 Å². The van der Waals surface area contributed by atoms with Gasteiger partial charge in [-0.2, -0.15) is 4.31 Å². The topological polar surface area (TPSA) is 83.8 Å². The summed E-state index contributed by atoms with van der Waals surface area (Å²) in [6, 6.07) is 4.21. The van der Waals surface area contributed by atoms with Crippen molar-refractivity contribution in [3.63, 3.8) is 0 Å². The van der Waals surface area contributed by atoms with Crippen LogP contribution in [0.25, 0.3) is 0 Å². The summed E-state index contributed by atoms with van der Waals surface area (Å²) in [6.45, 7) is 3.37. The minimum absolute atomic E-state index is 0.0416. The molecular formula is C15H23N3O4S. The van der Waals surface area contributed by atoms with E-state index >= 15 is 0 Å². The lowest BCUT2D eigenvalue weighted by molar-refractivity contribution is -0.385. The molecule has 0 bridgehead atoms. The van der Waals surface area contributed by atoms with Crippen LogP contribution in [0, 0.1) is 23.0 Å². The molecule has 0 radical (unpaired) electrons. The molecule has 0 amide bonds. The summed E-state index contributed by atoms with van der Waals surface area (Å²) in [7, 11) is 0.310. The van der Waals surface area contributed by atoms with E-state index in [-0.39, 0.29) is 16.1 Å². The summed E-state index contributed by atoms with van der Waals surface area (Å²) in [6.07, 6.45) is 1.79. The Morgan fingerprint density at radius 1 is 1.39 bits per heavy atom. The first-order valence-electron chi connectivity index (χ1n) is 7.62. The molecule has 128 valence electrons. The van der Waals surface area contributed by atoms with Crippen LogP contribution in [0.2, 0.25) is 0 Å². The van der Waals surface area contributed by atoms with Crippen molar-refractivity contribution in [2.24, 2.45) is 5.92 Å². The second-order valence-electron chi connectivity index (χ2n) is 6.27. The Balaban J connectivity index is 2.20. The van der Waals surface area contributed by atoms with E-state index in [2.05, 4.69) is 4.90 Å². The zero-order valence-corrected chi connectivity index (χ0v) is 14.5. The first kappa shape index (κ1) is 17.8. The lowest BCUT2D eigenvalue weighted by atomic mass is 10.1. The first-order valence-corrected chi connectivity index (χ1v) is 9.06. The predicted octanol–water partition coefficient (Wildman–Crippen LogP) is 1.87. The molecule has 23 heavy (non-hydrogen) atoms. The van der Waals surface area contributed by atoms with Crippen molar-refractivity contribution in [2.75, 3.05) is 33.7 Å². The van der Waals surface area contributed by atoms with Gasteiger partial charge < -0.3 is 4.90 Å². The summed E-state index contributed by atoms with van der Waals surface area (Å²) < 4.78 is 27.1. The van der Waals surface area contributed by atoms with E-state index in [9.17, 15) is 18.5 Å². The van der Waals surface area contributed by atoms with E-state index in [1.165, 1.54) is 29.4 Å². The number of hydrogen-bond acceptors (Lipinski definition) is 5. The molecule has 1 aliphatic rings. The molecule has 0 N–H and O–H groups in total. The molecule has 1 aromatic rings. The van der Waals surface area contributed by atoms with Crippen LogP contribution < -0.4 is 0 Å². The van der Waals surface area contributed by atoms with Crippen LogP contribution >= 0.6 is 0 Å². The average Bonchev–Trinajstić information content (AvgIpc) is 2.94. The Kier molecular flexibility index (Phi) is 5.38. The normalized spacial score (nSPS) is 19.4. The van der Waals surface area contributed by atoms with Crippen molar-refractivity contribution in [1.82, 2.24) is 9.21 Å². The number of hydrogen-bond donors (Lipinski definition) is 0. The fraction of sp³-hybridized carbons (Fsp3) is 0.600. The molecule has 1 aromatic carbocycles. The van der Waals surface area contributed by atoms with E-state index in [4.69, 9.17) is 0 Å². The summed E-state index contributed by atoms with van der Waals surface area (Å²) in [5.74, 6) is 0.339. The SMILES string of the molecule is Cc1c([N+](=O)[O-])cccc1S(=O)(=O)N1CCC(CCN(C)C)C1. The predicted molar refractivity (Wildman–Crippen MR) is 87.9 cm³/mol. The van der Waals surface area contributed by atoms with Gasteiger partial charge in [0.15, 0.2) is 0 Å². The Labute approximate surface area is 137 Å². The molecule has 7 nitrogen and oxygen atoms in total. The molecule has 1 atom stereocenters. The maximum absolute atomic E-state index is 12.8. The van der Waals surface area contributed by atoms with Gasteiger partial charge in [0.05, 0.1) is 9.82 Å². The van der Waals surface area contributed by atoms with E-state index in [1.807, 2.05) is 14.1 Å². The Morgan fingerprint density at radius 3 is 2.70 bits per heavy atom. The van der Waals surface area contributed by atoms with Crippen molar-refractivity contribution in [3.8, 4) is 0 Å². The van der Waals surface area contributed by atoms with Gasteiger partial charge in [0.25, 0.3) is 5.69 Å². The highest BCUT2D eigenvalue weighted by Crippen LogP contribution is 2.30. The molecule has 0 saturated carbocycles. The highest BCUT2D eigenvalue weighted by Gasteiger charge is 2.34. The zero-order valence-electron chi connectivity index (χ0n) is 13.7. The lowest BCUT2D eigenvalue weighted by Crippen LogP contribution is -2.30. The Hall–Kier alpha value is -1.51. The molecule has 1 aliphatic heterocycles. The van der Waals surface area contributed by atoms with Crippen LogP contribution in [0.15, 0.2) is 23.1 Å². The standard InChI is InChI=1S/C15H23N3O4S/c1-12-14(18(19)20)5-4-6-15(12)23(21,22)17-10-8-13(11-17)7-9-16(2)3/h4-6,13H,7-11H2,1-3H3. The maximum Gasteiger partial charge on any atom is 0.273 e. The van der Waals surface area contributed by atoms with Gasteiger partial charge in [-0.25, -0.2) is 8.42 Å². The number of nitrogens with zero attached hydrogens (tertiary/aromatic N) is 3. The number of sulfonamides is 1. The van der Waals surface area contributed by atoms with Crippen LogP contribution in [0.4, 0.5) is 5.69 Å². The third-order valence-electron chi connectivity index (χ3n) is 4.30. The summed E-state index contributed by atoms with van der Waals surface area (Å²) in [5.41, 5.74) is 0.0451. The third kappa shape index (κ3) is 3.88. The van der Waals surface area contributed by atoms with Gasteiger partial charge in [-0.3, -0.25) is 10.1 Å². The highest BCUT2D eigenvalue weighted by molar-refractivity contribution is 7.89. The average molecular weight is 341 g/mol. The number of benzene rings is 1. The number of rotatable bonds is 6. The molecule has 8 heteroatoms. The van der Waals surface area contributed by atoms with Gasteiger partial charge in [0.1, 0.15) is 0 Å². The molecule has 1 heterocycles. The van der Waals surface area contributed by atoms with Crippen LogP contribution in [-0.2, 0) is 10.0 Å². The molecule has 1 unspecified atom stereocenters. The maximum atomic E-state index is 12.8. The van der Waals surface area contributed by atoms with Crippen molar-refractivity contribution in [2.45, 2.75) is 24.7 Å². The monoisotopic (exact) mass is 341 g/mol. The van der Waals surface area contributed by atoms with Gasteiger partial charge in [-0.05, 0) is 52.4 Å². The Bertz CT molecular complexity index is 688. The minimum Gasteiger partial charge on any atom is -0.309 e. The van der Waals surface area contributed by atoms with Crippen molar-refractivity contribution in [3.05, 3.63) is 33.9 Å². The van der Waals surface area contributed by atoms with E-state index < -0.39 is 14.9 Å². The first-order chi connectivity index (χ1) is 10.7. The van der Waals surface area contributed by atoms with Crippen molar-refractivity contribution >= 4 is 15.7 Å². The molecule has 0 aliphatic carbocycles. The second kappa shape index (κ2) is 6.94. The van der Waals surface area contributed by atoms with Gasteiger partial charge in [-0.15, -0.1) is 0 Å². The van der Waals surface area contributed by atoms with Gasteiger partial charge in [0.2, 0.25) is 10.0 Å². The Morgan fingerprint density at radius 2 is 2.09 bits per heavy atom. The third-order valence-corrected chi connectivity index (χ3v) is 6.31. The number of nitro groups is 1. The van der Waals surface area contributed by atoms with Crippen LogP contribution in [0.1, 0.15) is 18.4 Å². The van der Waals surface area contributed by atoms with Crippen LogP contribution in [0.5, 0.6) is 0 Å². The lowest BCUT2D eigenvalue weighted by Gasteiger charge is -2.18. The largest absolute Gasteiger partial charge is 0.309 e. The highest BCUT2D eigenvalue weighted by atomic mass is 32.2. The van der Waals surface area contributed by atoms with Crippen LogP contribution in [-0.4, -0.2) is 56.3 Å². The van der Waals surface area contributed by atoms with E-state index in [1.54, 1.807) is 0 Å². The fourth-order valence-electron chi connectivity index (χ4n) is 2.91. The summed E-state index contributed by atoms with van der Waals surface area (Å²) in [4.78, 5) is 12.6. The number of nitro benzene ring substituents is 1. The molecule has 0 aromatic heterocycles. The zero-order chi connectivity index (χ0) is 17.2. The second-order valence-corrected chi connectivity index (χ2v) is 8.17. The molecular weight excluding hydrogens is 318 g/mol. The van der Waals surface area contributed by atoms with E-state index in [0.29, 0.717) is 19.0 Å². The van der Waals surface area contributed by atoms with Crippen molar-refractivity contribution < 1.29 is 13.3 Å². The van der Waals surface area contributed by atoms with E-state index in [0.717, 1.165) is 19.4 Å². The van der Waals surface area contributed by atoms with Gasteiger partial charge in [-0.1, -0.05) is 6.07 Å². The molecule has 2 rings (SSSR count). The molecule has 1 fully saturated rings.